The van der Waals surface area contributed by atoms with Crippen LogP contribution in [0, 0.1) is 5.82 Å². The van der Waals surface area contributed by atoms with Crippen molar-refractivity contribution in [3.05, 3.63) is 93.7 Å². The van der Waals surface area contributed by atoms with Crippen molar-refractivity contribution in [3.63, 3.8) is 0 Å². The number of aromatic hydroxyl groups is 1. The Labute approximate surface area is 191 Å². The number of aliphatic hydroxyl groups excluding tert-OH is 1. The Morgan fingerprint density at radius 3 is 2.41 bits per heavy atom. The maximum absolute atomic E-state index is 13.5. The molecule has 1 aliphatic heterocycles. The predicted molar refractivity (Wildman–Crippen MR) is 120 cm³/mol. The lowest BCUT2D eigenvalue weighted by Gasteiger charge is -2.25. The predicted octanol–water partition coefficient (Wildman–Crippen LogP) is 4.93. The van der Waals surface area contributed by atoms with Crippen LogP contribution in [0.1, 0.15) is 17.2 Å². The number of ketones is 1. The number of hydrogen-bond acceptors (Lipinski definition) is 5. The van der Waals surface area contributed by atoms with E-state index in [2.05, 4.69) is 15.9 Å². The summed E-state index contributed by atoms with van der Waals surface area (Å²) in [5.41, 5.74) is 0.821. The number of hydrogen-bond donors (Lipinski definition) is 2. The highest BCUT2D eigenvalue weighted by molar-refractivity contribution is 9.10. The number of nitrogens with zero attached hydrogens (tertiary/aromatic N) is 1. The molecule has 0 spiro atoms. The molecule has 0 bridgehead atoms. The molecule has 1 heterocycles. The molecule has 3 aromatic rings. The van der Waals surface area contributed by atoms with Gasteiger partial charge in [0.1, 0.15) is 23.1 Å². The first-order valence-corrected chi connectivity index (χ1v) is 10.3. The minimum absolute atomic E-state index is 0.0700. The average molecular weight is 498 g/mol. The molecule has 0 radical (unpaired) electrons. The third kappa shape index (κ3) is 3.73. The molecule has 3 aromatic carbocycles. The molecule has 1 amide bonds. The summed E-state index contributed by atoms with van der Waals surface area (Å²) in [4.78, 5) is 27.3. The Bertz CT molecular complexity index is 1260. The van der Waals surface area contributed by atoms with Crippen LogP contribution < -0.4 is 9.64 Å². The van der Waals surface area contributed by atoms with Crippen LogP contribution in [0.15, 0.2) is 76.8 Å². The molecule has 4 rings (SSSR count). The Balaban J connectivity index is 1.94. The maximum atomic E-state index is 13.5. The lowest BCUT2D eigenvalue weighted by atomic mass is 9.95. The molecule has 162 valence electrons. The fourth-order valence-corrected chi connectivity index (χ4v) is 4.22. The number of methoxy groups -OCH3 is 1. The molecule has 8 heteroatoms. The Morgan fingerprint density at radius 1 is 1.06 bits per heavy atom. The molecule has 1 unspecified atom stereocenters. The number of ether oxygens (including phenoxy) is 1. The highest BCUT2D eigenvalue weighted by Crippen LogP contribution is 2.43. The van der Waals surface area contributed by atoms with E-state index in [4.69, 9.17) is 4.74 Å². The molecule has 0 aliphatic carbocycles. The third-order valence-corrected chi connectivity index (χ3v) is 5.78. The molecule has 1 aliphatic rings. The van der Waals surface area contributed by atoms with Gasteiger partial charge in [0.05, 0.1) is 23.2 Å². The zero-order chi connectivity index (χ0) is 23.0. The van der Waals surface area contributed by atoms with Crippen LogP contribution in [0.4, 0.5) is 10.1 Å². The summed E-state index contributed by atoms with van der Waals surface area (Å²) in [6.45, 7) is 0. The van der Waals surface area contributed by atoms with Gasteiger partial charge >= 0.3 is 0 Å². The lowest BCUT2D eigenvalue weighted by Crippen LogP contribution is -2.29. The number of aliphatic hydroxyl groups is 1. The number of carbonyl (C=O) groups is 2. The van der Waals surface area contributed by atoms with E-state index in [1.54, 1.807) is 30.3 Å². The van der Waals surface area contributed by atoms with E-state index in [-0.39, 0.29) is 22.8 Å². The number of Topliss-reactive ketones (excluding diaryl/α,β-unsaturated/α-hetero) is 1. The average Bonchev–Trinajstić information content (AvgIpc) is 3.04. The zero-order valence-corrected chi connectivity index (χ0v) is 18.3. The number of benzene rings is 3. The molecule has 1 atom stereocenters. The first-order valence-electron chi connectivity index (χ1n) is 9.51. The van der Waals surface area contributed by atoms with E-state index in [1.165, 1.54) is 48.4 Å². The summed E-state index contributed by atoms with van der Waals surface area (Å²) < 4.78 is 19.2. The molecule has 0 saturated carbocycles. The molecule has 1 saturated heterocycles. The quantitative estimate of drug-likeness (QED) is 0.303. The van der Waals surface area contributed by atoms with Crippen molar-refractivity contribution in [1.29, 1.82) is 0 Å². The van der Waals surface area contributed by atoms with Gasteiger partial charge < -0.3 is 14.9 Å². The number of carbonyl (C=O) groups excluding carboxylic acids is 2. The summed E-state index contributed by atoms with van der Waals surface area (Å²) in [6, 6.07) is 14.9. The third-order valence-electron chi connectivity index (χ3n) is 5.16. The summed E-state index contributed by atoms with van der Waals surface area (Å²) >= 11 is 3.35. The van der Waals surface area contributed by atoms with Gasteiger partial charge in [0.25, 0.3) is 11.7 Å². The fraction of sp³-hybridized carbons (Fsp3) is 0.0833. The van der Waals surface area contributed by atoms with Crippen molar-refractivity contribution >= 4 is 39.1 Å². The molecule has 0 aromatic heterocycles. The molecular weight excluding hydrogens is 481 g/mol. The second-order valence-corrected chi connectivity index (χ2v) is 7.94. The van der Waals surface area contributed by atoms with Crippen LogP contribution in [0.25, 0.3) is 5.76 Å². The fourth-order valence-electron chi connectivity index (χ4n) is 3.68. The number of phenolic OH excluding ortho intramolecular Hbond substituents is 1. The minimum atomic E-state index is -1.03. The van der Waals surface area contributed by atoms with Gasteiger partial charge in [-0.15, -0.1) is 0 Å². The molecular formula is C24H17BrFNO5. The van der Waals surface area contributed by atoms with Gasteiger partial charge in [0.15, 0.2) is 0 Å². The van der Waals surface area contributed by atoms with E-state index in [9.17, 15) is 24.2 Å². The van der Waals surface area contributed by atoms with Crippen molar-refractivity contribution in [2.75, 3.05) is 12.0 Å². The van der Waals surface area contributed by atoms with Crippen molar-refractivity contribution < 1.29 is 28.9 Å². The smallest absolute Gasteiger partial charge is 0.300 e. The maximum Gasteiger partial charge on any atom is 0.300 e. The van der Waals surface area contributed by atoms with Gasteiger partial charge in [-0.1, -0.05) is 12.1 Å². The Morgan fingerprint density at radius 2 is 1.78 bits per heavy atom. The molecule has 2 N–H and O–H groups in total. The van der Waals surface area contributed by atoms with Gasteiger partial charge in [-0.2, -0.15) is 0 Å². The normalized spacial score (nSPS) is 17.6. The second kappa shape index (κ2) is 8.47. The van der Waals surface area contributed by atoms with Crippen molar-refractivity contribution in [2.45, 2.75) is 6.04 Å². The lowest BCUT2D eigenvalue weighted by molar-refractivity contribution is -0.132. The number of rotatable bonds is 4. The highest BCUT2D eigenvalue weighted by Gasteiger charge is 2.47. The number of halogens is 2. The van der Waals surface area contributed by atoms with E-state index in [0.29, 0.717) is 21.3 Å². The second-order valence-electron chi connectivity index (χ2n) is 7.09. The standard InChI is InChI=1S/C24H17BrFNO5/c1-32-19-10-5-14(12-18(19)25)22(29)20-21(13-3-2-4-17(28)11-13)27(24(31)23(20)30)16-8-6-15(26)7-9-16/h2-12,21,28-29H,1H3/b22-20-. The monoisotopic (exact) mass is 497 g/mol. The first-order chi connectivity index (χ1) is 15.3. The van der Waals surface area contributed by atoms with Gasteiger partial charge in [0.2, 0.25) is 0 Å². The van der Waals surface area contributed by atoms with E-state index in [1.807, 2.05) is 0 Å². The van der Waals surface area contributed by atoms with Gasteiger partial charge in [-0.05, 0) is 76.1 Å². The van der Waals surface area contributed by atoms with Crippen LogP contribution in [0.2, 0.25) is 0 Å². The Hall–Kier alpha value is -3.65. The summed E-state index contributed by atoms with van der Waals surface area (Å²) in [6.07, 6.45) is 0. The van der Waals surface area contributed by atoms with Crippen molar-refractivity contribution in [2.24, 2.45) is 0 Å². The Kier molecular flexibility index (Phi) is 5.71. The summed E-state index contributed by atoms with van der Waals surface area (Å²) in [7, 11) is 1.50. The van der Waals surface area contributed by atoms with Crippen molar-refractivity contribution in [3.8, 4) is 11.5 Å². The summed E-state index contributed by atoms with van der Waals surface area (Å²) in [5.74, 6) is -2.20. The van der Waals surface area contributed by atoms with E-state index in [0.717, 1.165) is 0 Å². The van der Waals surface area contributed by atoms with Gasteiger partial charge in [-0.25, -0.2) is 4.39 Å². The van der Waals surface area contributed by atoms with E-state index >= 15 is 0 Å². The van der Waals surface area contributed by atoms with Crippen LogP contribution in [0.5, 0.6) is 11.5 Å². The van der Waals surface area contributed by atoms with Crippen LogP contribution in [-0.2, 0) is 9.59 Å². The SMILES string of the molecule is COc1ccc(/C(O)=C2/C(=O)C(=O)N(c3ccc(F)cc3)C2c2cccc(O)c2)cc1Br. The number of anilines is 1. The minimum Gasteiger partial charge on any atom is -0.508 e. The zero-order valence-electron chi connectivity index (χ0n) is 16.8. The number of amides is 1. The highest BCUT2D eigenvalue weighted by atomic mass is 79.9. The first kappa shape index (κ1) is 21.6. The molecule has 32 heavy (non-hydrogen) atoms. The van der Waals surface area contributed by atoms with Crippen LogP contribution in [-0.4, -0.2) is 29.0 Å². The summed E-state index contributed by atoms with van der Waals surface area (Å²) in [5, 5.41) is 21.1. The van der Waals surface area contributed by atoms with Crippen LogP contribution >= 0.6 is 15.9 Å². The van der Waals surface area contributed by atoms with Gasteiger partial charge in [0, 0.05) is 11.3 Å². The van der Waals surface area contributed by atoms with E-state index < -0.39 is 23.5 Å². The number of phenols is 1. The molecule has 1 fully saturated rings. The van der Waals surface area contributed by atoms with Crippen molar-refractivity contribution in [1.82, 2.24) is 0 Å². The largest absolute Gasteiger partial charge is 0.508 e. The van der Waals surface area contributed by atoms with Gasteiger partial charge in [-0.3, -0.25) is 14.5 Å². The topological polar surface area (TPSA) is 87.1 Å². The molecule has 6 nitrogen and oxygen atoms in total. The van der Waals surface area contributed by atoms with Crippen LogP contribution in [0.3, 0.4) is 0 Å².